The van der Waals surface area contributed by atoms with Crippen LogP contribution in [-0.4, -0.2) is 18.2 Å². The van der Waals surface area contributed by atoms with Gasteiger partial charge >= 0.3 is 0 Å². The van der Waals surface area contributed by atoms with Gasteiger partial charge in [0.05, 0.1) is 0 Å². The minimum absolute atomic E-state index is 0.0143. The van der Waals surface area contributed by atoms with E-state index >= 15 is 0 Å². The number of anilines is 1. The van der Waals surface area contributed by atoms with Gasteiger partial charge in [0.1, 0.15) is 6.54 Å². The van der Waals surface area contributed by atoms with E-state index in [2.05, 4.69) is 23.3 Å². The fourth-order valence-corrected chi connectivity index (χ4v) is 3.10. The topological polar surface area (TPSA) is 41.5 Å². The standard InChI is InChI=1S/C20H30N2O/c1-2-3-4-5-6-7-8-9-10-14-18-17-13-11-12-15-19(17)22-20(23)16-21-18/h11-13,15H,2-10,14,16H2,1H3,(H,22,23). The third-order valence-corrected chi connectivity index (χ3v) is 4.44. The van der Waals surface area contributed by atoms with Gasteiger partial charge in [0.25, 0.3) is 0 Å². The van der Waals surface area contributed by atoms with Gasteiger partial charge in [0.2, 0.25) is 5.91 Å². The average Bonchev–Trinajstić information content (AvgIpc) is 2.72. The molecule has 1 heterocycles. The van der Waals surface area contributed by atoms with Crippen molar-refractivity contribution in [2.45, 2.75) is 71.1 Å². The van der Waals surface area contributed by atoms with Gasteiger partial charge in [-0.1, -0.05) is 76.5 Å². The Morgan fingerprint density at radius 1 is 0.957 bits per heavy atom. The summed E-state index contributed by atoms with van der Waals surface area (Å²) in [7, 11) is 0. The SMILES string of the molecule is CCCCCCCCCCCC1=NCC(=O)Nc2ccccc21. The molecule has 126 valence electrons. The van der Waals surface area contributed by atoms with Crippen LogP contribution in [0.25, 0.3) is 0 Å². The monoisotopic (exact) mass is 314 g/mol. The Morgan fingerprint density at radius 2 is 1.61 bits per heavy atom. The molecule has 1 aromatic carbocycles. The predicted octanol–water partition coefficient (Wildman–Crippen LogP) is 5.35. The second kappa shape index (κ2) is 10.2. The molecule has 3 heteroatoms. The van der Waals surface area contributed by atoms with E-state index in [0.717, 1.165) is 29.8 Å². The van der Waals surface area contributed by atoms with Gasteiger partial charge in [-0.15, -0.1) is 0 Å². The summed E-state index contributed by atoms with van der Waals surface area (Å²) in [6.45, 7) is 2.51. The molecule has 3 nitrogen and oxygen atoms in total. The first kappa shape index (κ1) is 17.7. The number of aliphatic imine (C=N–C) groups is 1. The lowest BCUT2D eigenvalue weighted by atomic mass is 10.0. The maximum atomic E-state index is 11.7. The number of hydrogen-bond donors (Lipinski definition) is 1. The number of carbonyl (C=O) groups excluding carboxylic acids is 1. The van der Waals surface area contributed by atoms with Crippen LogP contribution < -0.4 is 5.32 Å². The fourth-order valence-electron chi connectivity index (χ4n) is 3.10. The van der Waals surface area contributed by atoms with Gasteiger partial charge in [-0.25, -0.2) is 0 Å². The zero-order valence-corrected chi connectivity index (χ0v) is 14.4. The minimum Gasteiger partial charge on any atom is -0.324 e. The quantitative estimate of drug-likeness (QED) is 0.581. The molecule has 1 aromatic rings. The zero-order chi connectivity index (χ0) is 16.3. The first-order chi connectivity index (χ1) is 11.3. The lowest BCUT2D eigenvalue weighted by Gasteiger charge is -2.09. The number of para-hydroxylation sites is 1. The molecule has 0 saturated carbocycles. The van der Waals surface area contributed by atoms with Crippen molar-refractivity contribution in [1.82, 2.24) is 0 Å². The summed E-state index contributed by atoms with van der Waals surface area (Å²) < 4.78 is 0. The molecule has 1 amide bonds. The van der Waals surface area contributed by atoms with Crippen LogP contribution in [0, 0.1) is 0 Å². The predicted molar refractivity (Wildman–Crippen MR) is 98.3 cm³/mol. The molecule has 23 heavy (non-hydrogen) atoms. The number of benzene rings is 1. The van der Waals surface area contributed by atoms with Crippen molar-refractivity contribution in [2.24, 2.45) is 4.99 Å². The highest BCUT2D eigenvalue weighted by molar-refractivity contribution is 6.10. The second-order valence-corrected chi connectivity index (χ2v) is 6.44. The first-order valence-electron chi connectivity index (χ1n) is 9.24. The Morgan fingerprint density at radius 3 is 2.35 bits per heavy atom. The first-order valence-corrected chi connectivity index (χ1v) is 9.24. The lowest BCUT2D eigenvalue weighted by Crippen LogP contribution is -2.13. The van der Waals surface area contributed by atoms with E-state index < -0.39 is 0 Å². The van der Waals surface area contributed by atoms with Gasteiger partial charge in [0, 0.05) is 17.0 Å². The maximum absolute atomic E-state index is 11.7. The summed E-state index contributed by atoms with van der Waals surface area (Å²) >= 11 is 0. The molecule has 1 aliphatic heterocycles. The van der Waals surface area contributed by atoms with Crippen LogP contribution in [0.5, 0.6) is 0 Å². The van der Waals surface area contributed by atoms with Gasteiger partial charge in [-0.05, 0) is 18.9 Å². The van der Waals surface area contributed by atoms with Crippen molar-refractivity contribution < 1.29 is 4.79 Å². The molecule has 0 saturated heterocycles. The molecule has 2 rings (SSSR count). The van der Waals surface area contributed by atoms with E-state index in [9.17, 15) is 4.79 Å². The Balaban J connectivity index is 1.70. The Bertz CT molecular complexity index is 522. The van der Waals surface area contributed by atoms with Gasteiger partial charge in [-0.2, -0.15) is 0 Å². The highest BCUT2D eigenvalue weighted by atomic mass is 16.1. The highest BCUT2D eigenvalue weighted by Crippen LogP contribution is 2.21. The summed E-state index contributed by atoms with van der Waals surface area (Å²) in [6.07, 6.45) is 12.9. The Labute approximate surface area is 140 Å². The second-order valence-electron chi connectivity index (χ2n) is 6.44. The number of carbonyl (C=O) groups is 1. The average molecular weight is 314 g/mol. The molecule has 0 aromatic heterocycles. The van der Waals surface area contributed by atoms with Crippen LogP contribution in [-0.2, 0) is 4.79 Å². The third kappa shape index (κ3) is 6.17. The molecule has 1 N–H and O–H groups in total. The van der Waals surface area contributed by atoms with Crippen LogP contribution >= 0.6 is 0 Å². The molecular formula is C20H30N2O. The number of unbranched alkanes of at least 4 members (excludes halogenated alkanes) is 8. The van der Waals surface area contributed by atoms with E-state index in [1.165, 1.54) is 51.4 Å². The van der Waals surface area contributed by atoms with E-state index in [4.69, 9.17) is 0 Å². The summed E-state index contributed by atoms with van der Waals surface area (Å²) in [5.41, 5.74) is 3.09. The van der Waals surface area contributed by atoms with Crippen LogP contribution in [0.15, 0.2) is 29.3 Å². The highest BCUT2D eigenvalue weighted by Gasteiger charge is 2.15. The number of amides is 1. The van der Waals surface area contributed by atoms with E-state index in [0.29, 0.717) is 0 Å². The van der Waals surface area contributed by atoms with Crippen molar-refractivity contribution in [3.63, 3.8) is 0 Å². The number of benzodiazepines with no additional fused rings is 1. The largest absolute Gasteiger partial charge is 0.324 e. The molecule has 0 unspecified atom stereocenters. The van der Waals surface area contributed by atoms with Gasteiger partial charge in [-0.3, -0.25) is 9.79 Å². The van der Waals surface area contributed by atoms with E-state index in [1.54, 1.807) is 0 Å². The molecule has 0 atom stereocenters. The summed E-state index contributed by atoms with van der Waals surface area (Å²) in [6, 6.07) is 8.00. The maximum Gasteiger partial charge on any atom is 0.246 e. The van der Waals surface area contributed by atoms with Crippen molar-refractivity contribution in [3.8, 4) is 0 Å². The molecule has 0 bridgehead atoms. The van der Waals surface area contributed by atoms with Gasteiger partial charge in [0.15, 0.2) is 0 Å². The van der Waals surface area contributed by atoms with E-state index in [-0.39, 0.29) is 12.5 Å². The van der Waals surface area contributed by atoms with Crippen molar-refractivity contribution in [3.05, 3.63) is 29.8 Å². The van der Waals surface area contributed by atoms with Crippen LogP contribution in [0.4, 0.5) is 5.69 Å². The van der Waals surface area contributed by atoms with Crippen molar-refractivity contribution in [2.75, 3.05) is 11.9 Å². The fraction of sp³-hybridized carbons (Fsp3) is 0.600. The molecular weight excluding hydrogens is 284 g/mol. The molecule has 0 radical (unpaired) electrons. The Kier molecular flexibility index (Phi) is 7.85. The molecule has 0 spiro atoms. The normalized spacial score (nSPS) is 14.0. The van der Waals surface area contributed by atoms with Crippen LogP contribution in [0.1, 0.15) is 76.7 Å². The minimum atomic E-state index is -0.0143. The van der Waals surface area contributed by atoms with E-state index in [1.807, 2.05) is 18.2 Å². The molecule has 1 aliphatic rings. The zero-order valence-electron chi connectivity index (χ0n) is 14.4. The van der Waals surface area contributed by atoms with Gasteiger partial charge < -0.3 is 5.32 Å². The smallest absolute Gasteiger partial charge is 0.246 e. The number of fused-ring (bicyclic) bond motifs is 1. The summed E-state index contributed by atoms with van der Waals surface area (Å²) in [5.74, 6) is -0.0143. The van der Waals surface area contributed by atoms with Crippen molar-refractivity contribution >= 4 is 17.3 Å². The summed E-state index contributed by atoms with van der Waals surface area (Å²) in [5, 5.41) is 2.93. The lowest BCUT2D eigenvalue weighted by molar-refractivity contribution is -0.114. The summed E-state index contributed by atoms with van der Waals surface area (Å²) in [4.78, 5) is 16.2. The molecule has 0 aliphatic carbocycles. The number of nitrogens with one attached hydrogen (secondary N) is 1. The van der Waals surface area contributed by atoms with Crippen LogP contribution in [0.3, 0.4) is 0 Å². The molecule has 0 fully saturated rings. The number of rotatable bonds is 10. The van der Waals surface area contributed by atoms with Crippen molar-refractivity contribution in [1.29, 1.82) is 0 Å². The number of hydrogen-bond acceptors (Lipinski definition) is 2. The third-order valence-electron chi connectivity index (χ3n) is 4.44. The van der Waals surface area contributed by atoms with Crippen LogP contribution in [0.2, 0.25) is 0 Å². The number of nitrogens with zero attached hydrogens (tertiary/aromatic N) is 1. The Hall–Kier alpha value is -1.64.